The number of hydrogen-bond acceptors (Lipinski definition) is 4. The van der Waals surface area contributed by atoms with E-state index in [-0.39, 0.29) is 17.6 Å². The standard InChI is InChI=1S/C12H8F2N4O/c13-10(14)9-6-7-15-18(9)12-17-16-11(19-12)8-4-2-1-3-5-8/h1-7,10H. The van der Waals surface area contributed by atoms with E-state index in [9.17, 15) is 8.78 Å². The molecule has 0 amide bonds. The maximum atomic E-state index is 12.7. The molecule has 2 aromatic heterocycles. The Kier molecular flexibility index (Phi) is 2.79. The molecule has 2 heterocycles. The average Bonchev–Trinajstić information content (AvgIpc) is 3.08. The molecule has 0 atom stereocenters. The van der Waals surface area contributed by atoms with Crippen molar-refractivity contribution < 1.29 is 13.2 Å². The van der Waals surface area contributed by atoms with Crippen LogP contribution in [0.1, 0.15) is 12.1 Å². The van der Waals surface area contributed by atoms with Gasteiger partial charge in [0.1, 0.15) is 5.69 Å². The van der Waals surface area contributed by atoms with Crippen molar-refractivity contribution in [3.63, 3.8) is 0 Å². The lowest BCUT2D eigenvalue weighted by Crippen LogP contribution is -2.02. The summed E-state index contributed by atoms with van der Waals surface area (Å²) in [6.45, 7) is 0. The minimum atomic E-state index is -2.66. The third-order valence-electron chi connectivity index (χ3n) is 2.51. The van der Waals surface area contributed by atoms with Crippen LogP contribution in [-0.4, -0.2) is 20.0 Å². The fraction of sp³-hybridized carbons (Fsp3) is 0.0833. The Morgan fingerprint density at radius 1 is 1.05 bits per heavy atom. The Balaban J connectivity index is 2.00. The molecule has 19 heavy (non-hydrogen) atoms. The fourth-order valence-electron chi connectivity index (χ4n) is 1.64. The van der Waals surface area contributed by atoms with E-state index in [4.69, 9.17) is 4.42 Å². The fourth-order valence-corrected chi connectivity index (χ4v) is 1.64. The zero-order valence-corrected chi connectivity index (χ0v) is 9.57. The van der Waals surface area contributed by atoms with E-state index in [1.54, 1.807) is 12.1 Å². The van der Waals surface area contributed by atoms with Crippen molar-refractivity contribution in [2.45, 2.75) is 6.43 Å². The first kappa shape index (κ1) is 11.5. The van der Waals surface area contributed by atoms with Gasteiger partial charge in [-0.25, -0.2) is 8.78 Å². The number of halogens is 2. The maximum absolute atomic E-state index is 12.7. The quantitative estimate of drug-likeness (QED) is 0.728. The van der Waals surface area contributed by atoms with Crippen LogP contribution in [0.25, 0.3) is 17.5 Å². The third-order valence-corrected chi connectivity index (χ3v) is 2.51. The summed E-state index contributed by atoms with van der Waals surface area (Å²) in [6.07, 6.45) is -1.40. The van der Waals surface area contributed by atoms with Crippen LogP contribution in [0.4, 0.5) is 8.78 Å². The number of benzene rings is 1. The van der Waals surface area contributed by atoms with Gasteiger partial charge in [0.15, 0.2) is 0 Å². The molecule has 0 aliphatic heterocycles. The van der Waals surface area contributed by atoms with Crippen LogP contribution in [-0.2, 0) is 0 Å². The summed E-state index contributed by atoms with van der Waals surface area (Å²) in [7, 11) is 0. The first-order chi connectivity index (χ1) is 9.25. The Morgan fingerprint density at radius 2 is 1.84 bits per heavy atom. The van der Waals surface area contributed by atoms with Crippen LogP contribution in [0, 0.1) is 0 Å². The molecule has 0 aliphatic rings. The molecule has 7 heteroatoms. The van der Waals surface area contributed by atoms with Crippen LogP contribution in [0.15, 0.2) is 47.0 Å². The normalized spacial score (nSPS) is 11.1. The van der Waals surface area contributed by atoms with Crippen molar-refractivity contribution >= 4 is 0 Å². The van der Waals surface area contributed by atoms with Crippen LogP contribution >= 0.6 is 0 Å². The van der Waals surface area contributed by atoms with Gasteiger partial charge in [0, 0.05) is 5.56 Å². The first-order valence-electron chi connectivity index (χ1n) is 5.47. The molecule has 5 nitrogen and oxygen atoms in total. The maximum Gasteiger partial charge on any atom is 0.344 e. The molecule has 0 unspecified atom stereocenters. The van der Waals surface area contributed by atoms with E-state index in [2.05, 4.69) is 15.3 Å². The van der Waals surface area contributed by atoms with Gasteiger partial charge in [0.05, 0.1) is 6.20 Å². The second kappa shape index (κ2) is 4.60. The summed E-state index contributed by atoms with van der Waals surface area (Å²) in [5.74, 6) is 0.256. The lowest BCUT2D eigenvalue weighted by molar-refractivity contribution is 0.141. The van der Waals surface area contributed by atoms with Crippen molar-refractivity contribution in [2.24, 2.45) is 0 Å². The topological polar surface area (TPSA) is 56.7 Å². The van der Waals surface area contributed by atoms with Crippen LogP contribution < -0.4 is 0 Å². The molecular formula is C12H8F2N4O. The highest BCUT2D eigenvalue weighted by Crippen LogP contribution is 2.23. The zero-order chi connectivity index (χ0) is 13.2. The Hall–Kier alpha value is -2.57. The second-order valence-electron chi connectivity index (χ2n) is 3.72. The molecule has 0 fully saturated rings. The number of alkyl halides is 2. The third kappa shape index (κ3) is 2.10. The zero-order valence-electron chi connectivity index (χ0n) is 9.57. The molecule has 1 aromatic carbocycles. The number of rotatable bonds is 3. The summed E-state index contributed by atoms with van der Waals surface area (Å²) in [5, 5.41) is 11.3. The Labute approximate surface area is 106 Å². The molecule has 0 radical (unpaired) electrons. The van der Waals surface area contributed by atoms with Gasteiger partial charge in [-0.05, 0) is 18.2 Å². The van der Waals surface area contributed by atoms with E-state index in [0.29, 0.717) is 5.56 Å². The van der Waals surface area contributed by atoms with Gasteiger partial charge in [0.2, 0.25) is 5.89 Å². The van der Waals surface area contributed by atoms with Crippen LogP contribution in [0.3, 0.4) is 0 Å². The minimum Gasteiger partial charge on any atom is -0.402 e. The van der Waals surface area contributed by atoms with Crippen molar-refractivity contribution in [3.05, 3.63) is 48.3 Å². The monoisotopic (exact) mass is 262 g/mol. The summed E-state index contributed by atoms with van der Waals surface area (Å²) < 4.78 is 31.7. The second-order valence-corrected chi connectivity index (χ2v) is 3.72. The number of hydrogen-bond donors (Lipinski definition) is 0. The van der Waals surface area contributed by atoms with Gasteiger partial charge < -0.3 is 4.42 Å². The summed E-state index contributed by atoms with van der Waals surface area (Å²) in [6, 6.07) is 10.2. The van der Waals surface area contributed by atoms with Gasteiger partial charge in [-0.2, -0.15) is 9.78 Å². The van der Waals surface area contributed by atoms with Crippen molar-refractivity contribution in [2.75, 3.05) is 0 Å². The van der Waals surface area contributed by atoms with E-state index < -0.39 is 6.43 Å². The molecule has 96 valence electrons. The van der Waals surface area contributed by atoms with Crippen LogP contribution in [0.5, 0.6) is 0 Å². The molecule has 0 spiro atoms. The van der Waals surface area contributed by atoms with E-state index >= 15 is 0 Å². The van der Waals surface area contributed by atoms with E-state index in [1.807, 2.05) is 18.2 Å². The van der Waals surface area contributed by atoms with Gasteiger partial charge in [0.25, 0.3) is 6.43 Å². The van der Waals surface area contributed by atoms with Gasteiger partial charge in [-0.15, -0.1) is 5.10 Å². The summed E-state index contributed by atoms with van der Waals surface area (Å²) >= 11 is 0. The highest BCUT2D eigenvalue weighted by molar-refractivity contribution is 5.52. The molecule has 3 rings (SSSR count). The number of nitrogens with zero attached hydrogens (tertiary/aromatic N) is 4. The molecule has 0 saturated heterocycles. The molecule has 0 aliphatic carbocycles. The molecule has 3 aromatic rings. The SMILES string of the molecule is FC(F)c1ccnn1-c1nnc(-c2ccccc2)o1. The van der Waals surface area contributed by atoms with Gasteiger partial charge in [-0.1, -0.05) is 23.3 Å². The lowest BCUT2D eigenvalue weighted by Gasteiger charge is -2.00. The Morgan fingerprint density at radius 3 is 2.58 bits per heavy atom. The number of aromatic nitrogens is 4. The smallest absolute Gasteiger partial charge is 0.344 e. The van der Waals surface area contributed by atoms with Crippen molar-refractivity contribution in [1.82, 2.24) is 20.0 Å². The largest absolute Gasteiger partial charge is 0.402 e. The Bertz CT molecular complexity index is 678. The first-order valence-corrected chi connectivity index (χ1v) is 5.47. The van der Waals surface area contributed by atoms with Crippen molar-refractivity contribution in [1.29, 1.82) is 0 Å². The average molecular weight is 262 g/mol. The van der Waals surface area contributed by atoms with Gasteiger partial charge >= 0.3 is 6.01 Å². The van der Waals surface area contributed by atoms with Crippen LogP contribution in [0.2, 0.25) is 0 Å². The van der Waals surface area contributed by atoms with E-state index in [0.717, 1.165) is 4.68 Å². The summed E-state index contributed by atoms with van der Waals surface area (Å²) in [5.41, 5.74) is 0.426. The minimum absolute atomic E-state index is 0.0841. The van der Waals surface area contributed by atoms with Crippen molar-refractivity contribution in [3.8, 4) is 17.5 Å². The molecule has 0 N–H and O–H groups in total. The van der Waals surface area contributed by atoms with E-state index in [1.165, 1.54) is 12.3 Å². The predicted octanol–water partition coefficient (Wildman–Crippen LogP) is 2.86. The lowest BCUT2D eigenvalue weighted by atomic mass is 10.2. The highest BCUT2D eigenvalue weighted by atomic mass is 19.3. The summed E-state index contributed by atoms with van der Waals surface area (Å²) in [4.78, 5) is 0. The predicted molar refractivity (Wildman–Crippen MR) is 61.8 cm³/mol. The molecule has 0 bridgehead atoms. The van der Waals surface area contributed by atoms with Gasteiger partial charge in [-0.3, -0.25) is 0 Å². The highest BCUT2D eigenvalue weighted by Gasteiger charge is 2.19. The molecular weight excluding hydrogens is 254 g/mol. The molecule has 0 saturated carbocycles.